The van der Waals surface area contributed by atoms with E-state index in [1.54, 1.807) is 18.9 Å². The molecular formula is C27H24N4O2S. The highest BCUT2D eigenvalue weighted by Gasteiger charge is 2.36. The topological polar surface area (TPSA) is 69.0 Å². The Hall–Kier alpha value is -3.58. The molecular weight excluding hydrogens is 444 g/mol. The van der Waals surface area contributed by atoms with Crippen LogP contribution in [0.2, 0.25) is 0 Å². The van der Waals surface area contributed by atoms with E-state index >= 15 is 0 Å². The van der Waals surface area contributed by atoms with Gasteiger partial charge in [0.25, 0.3) is 0 Å². The normalized spacial score (nSPS) is 17.3. The SMILES string of the molecule is COc1ccc(C2C3=C(CCCC3=O)Nc3nc(SCc4ccc5ccccc5c4)nn32)cc1. The number of Topliss-reactive ketones (excluding diaryl/α,β-unsaturated/α-hetero) is 1. The third-order valence-corrected chi connectivity index (χ3v) is 7.37. The molecule has 7 heteroatoms. The molecule has 34 heavy (non-hydrogen) atoms. The van der Waals surface area contributed by atoms with E-state index in [2.05, 4.69) is 47.8 Å². The van der Waals surface area contributed by atoms with Crippen LogP contribution in [0, 0.1) is 0 Å². The van der Waals surface area contributed by atoms with Crippen molar-refractivity contribution in [3.05, 3.63) is 89.1 Å². The lowest BCUT2D eigenvalue weighted by Gasteiger charge is -2.32. The Kier molecular flexibility index (Phi) is 5.34. The number of ketones is 1. The molecule has 2 heterocycles. The summed E-state index contributed by atoms with van der Waals surface area (Å²) >= 11 is 1.61. The van der Waals surface area contributed by atoms with Gasteiger partial charge in [0.05, 0.1) is 7.11 Å². The van der Waals surface area contributed by atoms with Gasteiger partial charge in [-0.05, 0) is 46.9 Å². The molecule has 1 aliphatic carbocycles. The lowest BCUT2D eigenvalue weighted by molar-refractivity contribution is -0.116. The first kappa shape index (κ1) is 21.0. The number of carbonyl (C=O) groups excluding carboxylic acids is 1. The fourth-order valence-electron chi connectivity index (χ4n) is 4.77. The second-order valence-electron chi connectivity index (χ2n) is 8.60. The standard InChI is InChI=1S/C27H24N4O2S/c1-33-21-13-11-19(12-14-21)25-24-22(7-4-8-23(24)32)28-26-29-27(30-31(25)26)34-16-17-9-10-18-5-2-3-6-20(18)15-17/h2-3,5-6,9-15,25H,4,7-8,16H2,1H3,(H,28,29,30). The van der Waals surface area contributed by atoms with Crippen LogP contribution in [0.1, 0.15) is 36.4 Å². The predicted octanol–water partition coefficient (Wildman–Crippen LogP) is 5.75. The molecule has 0 radical (unpaired) electrons. The number of benzene rings is 3. The van der Waals surface area contributed by atoms with Crippen molar-refractivity contribution in [2.24, 2.45) is 0 Å². The average Bonchev–Trinajstić information content (AvgIpc) is 3.29. The largest absolute Gasteiger partial charge is 0.497 e. The van der Waals surface area contributed by atoms with Crippen molar-refractivity contribution in [1.82, 2.24) is 14.8 Å². The Bertz CT molecular complexity index is 1420. The number of aromatic nitrogens is 3. The first-order chi connectivity index (χ1) is 16.7. The van der Waals surface area contributed by atoms with E-state index in [0.29, 0.717) is 17.5 Å². The maximum absolute atomic E-state index is 13.0. The van der Waals surface area contributed by atoms with E-state index in [1.807, 2.05) is 28.9 Å². The minimum absolute atomic E-state index is 0.182. The van der Waals surface area contributed by atoms with Crippen molar-refractivity contribution < 1.29 is 9.53 Å². The molecule has 0 bridgehead atoms. The fraction of sp³-hybridized carbons (Fsp3) is 0.222. The van der Waals surface area contributed by atoms with E-state index in [1.165, 1.54) is 16.3 Å². The van der Waals surface area contributed by atoms with Gasteiger partial charge in [-0.25, -0.2) is 4.68 Å². The van der Waals surface area contributed by atoms with Crippen LogP contribution in [-0.2, 0) is 10.5 Å². The van der Waals surface area contributed by atoms with Gasteiger partial charge in [-0.1, -0.05) is 66.4 Å². The van der Waals surface area contributed by atoms with Crippen LogP contribution in [0.15, 0.2) is 83.2 Å². The lowest BCUT2D eigenvalue weighted by Crippen LogP contribution is -2.31. The summed E-state index contributed by atoms with van der Waals surface area (Å²) in [7, 11) is 1.65. The van der Waals surface area contributed by atoms with Crippen LogP contribution in [0.25, 0.3) is 10.8 Å². The number of ether oxygens (including phenoxy) is 1. The van der Waals surface area contributed by atoms with Gasteiger partial charge in [0, 0.05) is 23.4 Å². The van der Waals surface area contributed by atoms with Crippen LogP contribution in [-0.4, -0.2) is 27.7 Å². The molecule has 3 aromatic carbocycles. The van der Waals surface area contributed by atoms with Crippen molar-refractivity contribution in [2.75, 3.05) is 12.4 Å². The number of nitrogens with one attached hydrogen (secondary N) is 1. The van der Waals surface area contributed by atoms with Gasteiger partial charge in [0.15, 0.2) is 5.78 Å². The molecule has 4 aromatic rings. The first-order valence-corrected chi connectivity index (χ1v) is 12.4. The van der Waals surface area contributed by atoms with E-state index in [9.17, 15) is 4.79 Å². The number of carbonyl (C=O) groups is 1. The van der Waals surface area contributed by atoms with Crippen LogP contribution < -0.4 is 10.1 Å². The Labute approximate surface area is 202 Å². The van der Waals surface area contributed by atoms with E-state index in [4.69, 9.17) is 14.8 Å². The van der Waals surface area contributed by atoms with Gasteiger partial charge in [-0.3, -0.25) is 4.79 Å². The van der Waals surface area contributed by atoms with Gasteiger partial charge >= 0.3 is 0 Å². The van der Waals surface area contributed by atoms with Gasteiger partial charge in [0.1, 0.15) is 11.8 Å². The second kappa shape index (κ2) is 8.65. The molecule has 2 aliphatic rings. The summed E-state index contributed by atoms with van der Waals surface area (Å²) < 4.78 is 7.20. The smallest absolute Gasteiger partial charge is 0.227 e. The summed E-state index contributed by atoms with van der Waals surface area (Å²) in [5, 5.41) is 11.4. The maximum atomic E-state index is 13.0. The summed E-state index contributed by atoms with van der Waals surface area (Å²) in [4.78, 5) is 17.8. The highest BCUT2D eigenvalue weighted by Crippen LogP contribution is 2.41. The van der Waals surface area contributed by atoms with Gasteiger partial charge in [-0.2, -0.15) is 4.98 Å². The number of methoxy groups -OCH3 is 1. The number of rotatable bonds is 5. The highest BCUT2D eigenvalue weighted by atomic mass is 32.2. The number of fused-ring (bicyclic) bond motifs is 2. The molecule has 170 valence electrons. The summed E-state index contributed by atoms with van der Waals surface area (Å²) in [5.74, 6) is 2.43. The minimum Gasteiger partial charge on any atom is -0.497 e. The zero-order valence-corrected chi connectivity index (χ0v) is 19.6. The van der Waals surface area contributed by atoms with Crippen LogP contribution >= 0.6 is 11.8 Å². The second-order valence-corrected chi connectivity index (χ2v) is 9.54. The third-order valence-electron chi connectivity index (χ3n) is 6.46. The Morgan fingerprint density at radius 3 is 2.71 bits per heavy atom. The molecule has 0 saturated carbocycles. The number of hydrogen-bond donors (Lipinski definition) is 1. The van der Waals surface area contributed by atoms with E-state index < -0.39 is 0 Å². The molecule has 0 fully saturated rings. The molecule has 0 spiro atoms. The Balaban J connectivity index is 1.32. The lowest BCUT2D eigenvalue weighted by atomic mass is 9.85. The molecule has 1 N–H and O–H groups in total. The Morgan fingerprint density at radius 1 is 1.06 bits per heavy atom. The molecule has 1 aromatic heterocycles. The molecule has 0 amide bonds. The summed E-state index contributed by atoms with van der Waals surface area (Å²) in [6, 6.07) is 22.5. The predicted molar refractivity (Wildman–Crippen MR) is 134 cm³/mol. The first-order valence-electron chi connectivity index (χ1n) is 11.4. The van der Waals surface area contributed by atoms with E-state index in [-0.39, 0.29) is 11.8 Å². The third kappa shape index (κ3) is 3.76. The molecule has 1 atom stereocenters. The number of thioether (sulfide) groups is 1. The van der Waals surface area contributed by atoms with Gasteiger partial charge < -0.3 is 10.1 Å². The van der Waals surface area contributed by atoms with Crippen molar-refractivity contribution in [3.63, 3.8) is 0 Å². The zero-order valence-electron chi connectivity index (χ0n) is 18.8. The highest BCUT2D eigenvalue weighted by molar-refractivity contribution is 7.98. The van der Waals surface area contributed by atoms with Crippen molar-refractivity contribution in [2.45, 2.75) is 36.2 Å². The number of nitrogens with zero attached hydrogens (tertiary/aromatic N) is 3. The van der Waals surface area contributed by atoms with Gasteiger partial charge in [0.2, 0.25) is 11.1 Å². The summed E-state index contributed by atoms with van der Waals surface area (Å²) in [6.07, 6.45) is 2.28. The summed E-state index contributed by atoms with van der Waals surface area (Å²) in [6.45, 7) is 0. The zero-order chi connectivity index (χ0) is 23.1. The molecule has 1 aliphatic heterocycles. The minimum atomic E-state index is -0.285. The summed E-state index contributed by atoms with van der Waals surface area (Å²) in [5.41, 5.74) is 4.01. The maximum Gasteiger partial charge on any atom is 0.227 e. The van der Waals surface area contributed by atoms with Crippen LogP contribution in [0.3, 0.4) is 0 Å². The molecule has 6 nitrogen and oxygen atoms in total. The molecule has 1 unspecified atom stereocenters. The number of allylic oxidation sites excluding steroid dienone is 2. The van der Waals surface area contributed by atoms with Crippen LogP contribution in [0.4, 0.5) is 5.95 Å². The number of hydrogen-bond acceptors (Lipinski definition) is 6. The average molecular weight is 469 g/mol. The molecule has 6 rings (SSSR count). The fourth-order valence-corrected chi connectivity index (χ4v) is 5.54. The van der Waals surface area contributed by atoms with Gasteiger partial charge in [-0.15, -0.1) is 5.10 Å². The van der Waals surface area contributed by atoms with Crippen molar-refractivity contribution >= 4 is 34.3 Å². The van der Waals surface area contributed by atoms with E-state index in [0.717, 1.165) is 41.2 Å². The number of anilines is 1. The van der Waals surface area contributed by atoms with Crippen molar-refractivity contribution in [1.29, 1.82) is 0 Å². The van der Waals surface area contributed by atoms with Crippen molar-refractivity contribution in [3.8, 4) is 5.75 Å². The quantitative estimate of drug-likeness (QED) is 0.376. The Morgan fingerprint density at radius 2 is 1.88 bits per heavy atom. The monoisotopic (exact) mass is 468 g/mol. The van der Waals surface area contributed by atoms with Crippen LogP contribution in [0.5, 0.6) is 5.75 Å². The molecule has 0 saturated heterocycles.